The predicted octanol–water partition coefficient (Wildman–Crippen LogP) is 3.04. The summed E-state index contributed by atoms with van der Waals surface area (Å²) < 4.78 is 19.0. The van der Waals surface area contributed by atoms with Crippen molar-refractivity contribution in [3.63, 3.8) is 0 Å². The summed E-state index contributed by atoms with van der Waals surface area (Å²) >= 11 is 0. The van der Waals surface area contributed by atoms with Gasteiger partial charge in [0.05, 0.1) is 13.2 Å². The lowest BCUT2D eigenvalue weighted by Gasteiger charge is -2.34. The highest BCUT2D eigenvalue weighted by Crippen LogP contribution is 2.31. The smallest absolute Gasteiger partial charge is 0.251 e. The number of benzene rings is 2. The first-order valence-corrected chi connectivity index (χ1v) is 9.28. The molecule has 0 saturated carbocycles. The molecule has 0 spiro atoms. The van der Waals surface area contributed by atoms with Crippen LogP contribution < -0.4 is 5.32 Å². The molecule has 0 bridgehead atoms. The van der Waals surface area contributed by atoms with E-state index in [1.165, 1.54) is 12.1 Å². The van der Waals surface area contributed by atoms with E-state index in [0.717, 1.165) is 32.7 Å². The zero-order chi connectivity index (χ0) is 19.2. The highest BCUT2D eigenvalue weighted by Gasteiger charge is 2.20. The van der Waals surface area contributed by atoms with Gasteiger partial charge >= 0.3 is 0 Å². The molecule has 1 heterocycles. The number of ether oxygens (including phenoxy) is 1. The molecule has 2 N–H and O–H groups in total. The molecule has 0 radical (unpaired) electrons. The number of nitrogens with one attached hydrogen (secondary N) is 1. The molecular weight excluding hydrogens is 347 g/mol. The van der Waals surface area contributed by atoms with Crippen LogP contribution in [0.2, 0.25) is 0 Å². The predicted molar refractivity (Wildman–Crippen MR) is 102 cm³/mol. The Morgan fingerprint density at radius 1 is 1.26 bits per heavy atom. The number of phenolic OH excluding ortho intramolecular Hbond substituents is 1. The molecular formula is C21H25FN2O3. The first kappa shape index (κ1) is 19.3. The second kappa shape index (κ2) is 8.97. The van der Waals surface area contributed by atoms with Crippen LogP contribution in [-0.4, -0.2) is 54.8 Å². The number of carbonyl (C=O) groups excluding carboxylic acids is 1. The van der Waals surface area contributed by atoms with Gasteiger partial charge in [0, 0.05) is 36.8 Å². The Balaban J connectivity index is 1.69. The molecule has 0 aromatic heterocycles. The molecule has 0 aliphatic carbocycles. The minimum Gasteiger partial charge on any atom is -0.504 e. The second-order valence-electron chi connectivity index (χ2n) is 6.64. The van der Waals surface area contributed by atoms with E-state index < -0.39 is 11.6 Å². The van der Waals surface area contributed by atoms with Crippen LogP contribution in [0.4, 0.5) is 4.39 Å². The van der Waals surface area contributed by atoms with Gasteiger partial charge in [-0.05, 0) is 30.2 Å². The third kappa shape index (κ3) is 4.64. The van der Waals surface area contributed by atoms with Crippen LogP contribution in [-0.2, 0) is 4.74 Å². The van der Waals surface area contributed by atoms with Crippen molar-refractivity contribution in [3.8, 4) is 16.9 Å². The third-order valence-electron chi connectivity index (χ3n) is 4.95. The van der Waals surface area contributed by atoms with E-state index in [4.69, 9.17) is 4.74 Å². The Hall–Kier alpha value is -2.44. The number of phenols is 1. The highest BCUT2D eigenvalue weighted by molar-refractivity contribution is 5.95. The molecule has 1 saturated heterocycles. The van der Waals surface area contributed by atoms with E-state index in [1.807, 2.05) is 0 Å². The number of hydrogen-bond donors (Lipinski definition) is 2. The van der Waals surface area contributed by atoms with E-state index in [2.05, 4.69) is 17.1 Å². The third-order valence-corrected chi connectivity index (χ3v) is 4.95. The van der Waals surface area contributed by atoms with Gasteiger partial charge in [0.2, 0.25) is 0 Å². The van der Waals surface area contributed by atoms with Crippen molar-refractivity contribution >= 4 is 5.91 Å². The molecule has 1 atom stereocenters. The molecule has 5 nitrogen and oxygen atoms in total. The van der Waals surface area contributed by atoms with Crippen molar-refractivity contribution in [2.75, 3.05) is 32.8 Å². The summed E-state index contributed by atoms with van der Waals surface area (Å²) in [6.07, 6.45) is 0.942. The number of aromatic hydroxyl groups is 1. The molecule has 2 aromatic carbocycles. The van der Waals surface area contributed by atoms with Gasteiger partial charge in [-0.3, -0.25) is 9.69 Å². The van der Waals surface area contributed by atoms with Crippen LogP contribution in [0.15, 0.2) is 42.5 Å². The normalized spacial score (nSPS) is 16.1. The van der Waals surface area contributed by atoms with E-state index in [1.54, 1.807) is 30.3 Å². The maximum atomic E-state index is 13.6. The summed E-state index contributed by atoms with van der Waals surface area (Å²) in [5.41, 5.74) is 1.44. The Morgan fingerprint density at radius 3 is 2.74 bits per heavy atom. The molecule has 1 fully saturated rings. The Kier molecular flexibility index (Phi) is 6.42. The standard InChI is InChI=1S/C21H25FN2O3/c1-2-17(24-9-11-27-12-10-24)14-23-21(26)16-6-3-5-15(13-16)18-7-4-8-19(22)20(18)25/h3-8,13,17,25H,2,9-12,14H2,1H3,(H,23,26)/t17-/m1/s1. The van der Waals surface area contributed by atoms with Gasteiger partial charge in [-0.1, -0.05) is 31.2 Å². The van der Waals surface area contributed by atoms with Crippen LogP contribution >= 0.6 is 0 Å². The van der Waals surface area contributed by atoms with Crippen LogP contribution in [0.1, 0.15) is 23.7 Å². The number of para-hydroxylation sites is 1. The summed E-state index contributed by atoms with van der Waals surface area (Å²) in [5.74, 6) is -1.27. The van der Waals surface area contributed by atoms with E-state index in [0.29, 0.717) is 23.2 Å². The molecule has 1 aliphatic rings. The van der Waals surface area contributed by atoms with E-state index in [9.17, 15) is 14.3 Å². The molecule has 27 heavy (non-hydrogen) atoms. The Bertz CT molecular complexity index is 791. The molecule has 3 rings (SSSR count). The fraction of sp³-hybridized carbons (Fsp3) is 0.381. The lowest BCUT2D eigenvalue weighted by atomic mass is 10.0. The topological polar surface area (TPSA) is 61.8 Å². The van der Waals surface area contributed by atoms with Gasteiger partial charge in [-0.25, -0.2) is 4.39 Å². The van der Waals surface area contributed by atoms with Gasteiger partial charge in [0.1, 0.15) is 0 Å². The molecule has 6 heteroatoms. The van der Waals surface area contributed by atoms with Crippen LogP contribution in [0.3, 0.4) is 0 Å². The van der Waals surface area contributed by atoms with E-state index >= 15 is 0 Å². The number of hydrogen-bond acceptors (Lipinski definition) is 4. The average molecular weight is 372 g/mol. The lowest BCUT2D eigenvalue weighted by molar-refractivity contribution is 0.0159. The highest BCUT2D eigenvalue weighted by atomic mass is 19.1. The zero-order valence-corrected chi connectivity index (χ0v) is 15.5. The molecule has 2 aromatic rings. The Morgan fingerprint density at radius 2 is 2.00 bits per heavy atom. The summed E-state index contributed by atoms with van der Waals surface area (Å²) in [6, 6.07) is 11.5. The van der Waals surface area contributed by atoms with Crippen molar-refractivity contribution in [1.29, 1.82) is 0 Å². The lowest BCUT2D eigenvalue weighted by Crippen LogP contribution is -2.48. The number of rotatable bonds is 6. The summed E-state index contributed by atoms with van der Waals surface area (Å²) in [7, 11) is 0. The minimum atomic E-state index is -0.682. The van der Waals surface area contributed by atoms with Crippen LogP contribution in [0.25, 0.3) is 11.1 Å². The summed E-state index contributed by atoms with van der Waals surface area (Å²) in [6.45, 7) is 5.88. The number of halogens is 1. The van der Waals surface area contributed by atoms with Crippen molar-refractivity contribution in [1.82, 2.24) is 10.2 Å². The molecule has 1 amide bonds. The first-order valence-electron chi connectivity index (χ1n) is 9.28. The van der Waals surface area contributed by atoms with Gasteiger partial charge in [-0.2, -0.15) is 0 Å². The van der Waals surface area contributed by atoms with Crippen LogP contribution in [0.5, 0.6) is 5.75 Å². The summed E-state index contributed by atoms with van der Waals surface area (Å²) in [5, 5.41) is 12.9. The quantitative estimate of drug-likeness (QED) is 0.818. The number of nitrogens with zero attached hydrogens (tertiary/aromatic N) is 1. The van der Waals surface area contributed by atoms with Crippen LogP contribution in [0, 0.1) is 5.82 Å². The van der Waals surface area contributed by atoms with Gasteiger partial charge < -0.3 is 15.2 Å². The maximum absolute atomic E-state index is 13.6. The first-order chi connectivity index (χ1) is 13.1. The number of carbonyl (C=O) groups is 1. The summed E-state index contributed by atoms with van der Waals surface area (Å²) in [4.78, 5) is 14.9. The monoisotopic (exact) mass is 372 g/mol. The Labute approximate surface area is 158 Å². The van der Waals surface area contributed by atoms with E-state index in [-0.39, 0.29) is 11.9 Å². The van der Waals surface area contributed by atoms with Crippen molar-refractivity contribution in [3.05, 3.63) is 53.8 Å². The average Bonchev–Trinajstić information content (AvgIpc) is 2.71. The maximum Gasteiger partial charge on any atom is 0.251 e. The molecule has 1 aliphatic heterocycles. The van der Waals surface area contributed by atoms with Crippen molar-refractivity contribution in [2.45, 2.75) is 19.4 Å². The largest absolute Gasteiger partial charge is 0.504 e. The molecule has 0 unspecified atom stereocenters. The molecule has 144 valence electrons. The van der Waals surface area contributed by atoms with Crippen molar-refractivity contribution < 1.29 is 19.0 Å². The van der Waals surface area contributed by atoms with Gasteiger partial charge in [0.15, 0.2) is 11.6 Å². The second-order valence-corrected chi connectivity index (χ2v) is 6.64. The number of morpholine rings is 1. The fourth-order valence-electron chi connectivity index (χ4n) is 3.36. The van der Waals surface area contributed by atoms with Gasteiger partial charge in [-0.15, -0.1) is 0 Å². The minimum absolute atomic E-state index is 0.181. The van der Waals surface area contributed by atoms with Crippen molar-refractivity contribution in [2.24, 2.45) is 0 Å². The number of amides is 1. The SMILES string of the molecule is CC[C@H](CNC(=O)c1cccc(-c2cccc(F)c2O)c1)N1CCOCC1. The zero-order valence-electron chi connectivity index (χ0n) is 15.5. The van der Waals surface area contributed by atoms with Gasteiger partial charge in [0.25, 0.3) is 5.91 Å². The fourth-order valence-corrected chi connectivity index (χ4v) is 3.36.